The largest absolute Gasteiger partial charge is 0.375 e. The summed E-state index contributed by atoms with van der Waals surface area (Å²) in [6.45, 7) is 12.8. The third-order valence-electron chi connectivity index (χ3n) is 9.47. The Morgan fingerprint density at radius 3 is 2.34 bits per heavy atom. The van der Waals surface area contributed by atoms with E-state index in [0.29, 0.717) is 25.3 Å². The molecule has 6 nitrogen and oxygen atoms in total. The highest BCUT2D eigenvalue weighted by atomic mass is 16.5. The molecule has 0 bridgehead atoms. The molecule has 2 fully saturated rings. The Labute approximate surface area is 208 Å². The van der Waals surface area contributed by atoms with E-state index in [1.807, 2.05) is 13.0 Å². The number of hydrogen-bond acceptors (Lipinski definition) is 4. The first-order valence-corrected chi connectivity index (χ1v) is 12.9. The molecule has 1 aromatic carbocycles. The third-order valence-corrected chi connectivity index (χ3v) is 9.47. The van der Waals surface area contributed by atoms with Crippen LogP contribution in [0, 0.1) is 16.7 Å². The van der Waals surface area contributed by atoms with E-state index >= 15 is 0 Å². The number of carbonyl (C=O) groups is 2. The molecule has 2 aromatic rings. The molecule has 2 aliphatic carbocycles. The Kier molecular flexibility index (Phi) is 5.78. The van der Waals surface area contributed by atoms with Crippen LogP contribution in [0.2, 0.25) is 0 Å². The van der Waals surface area contributed by atoms with E-state index in [0.717, 1.165) is 18.4 Å². The van der Waals surface area contributed by atoms with Crippen LogP contribution in [0.4, 0.5) is 0 Å². The van der Waals surface area contributed by atoms with Gasteiger partial charge in [-0.15, -0.1) is 0 Å². The second kappa shape index (κ2) is 8.44. The summed E-state index contributed by atoms with van der Waals surface area (Å²) < 4.78 is 6.42. The van der Waals surface area contributed by atoms with E-state index < -0.39 is 0 Å². The highest BCUT2D eigenvalue weighted by Crippen LogP contribution is 2.69. The molecule has 0 unspecified atom stereocenters. The van der Waals surface area contributed by atoms with Gasteiger partial charge in [-0.3, -0.25) is 14.6 Å². The van der Waals surface area contributed by atoms with E-state index in [1.54, 1.807) is 24.5 Å². The van der Waals surface area contributed by atoms with Crippen molar-refractivity contribution >= 4 is 11.8 Å². The highest BCUT2D eigenvalue weighted by Gasteiger charge is 2.69. The molecule has 1 aromatic heterocycles. The molecule has 186 valence electrons. The summed E-state index contributed by atoms with van der Waals surface area (Å²) in [7, 11) is 0. The smallest absolute Gasteiger partial charge is 0.253 e. The molecule has 1 aliphatic heterocycles. The molecule has 1 N–H and O–H groups in total. The van der Waals surface area contributed by atoms with Crippen molar-refractivity contribution in [3.8, 4) is 0 Å². The van der Waals surface area contributed by atoms with Gasteiger partial charge >= 0.3 is 0 Å². The summed E-state index contributed by atoms with van der Waals surface area (Å²) in [6.07, 6.45) is 4.72. The topological polar surface area (TPSA) is 71.5 Å². The lowest BCUT2D eigenvalue weighted by atomic mass is 9.71. The van der Waals surface area contributed by atoms with Gasteiger partial charge < -0.3 is 15.0 Å². The van der Waals surface area contributed by atoms with E-state index in [-0.39, 0.29) is 46.1 Å². The van der Waals surface area contributed by atoms with E-state index in [1.165, 1.54) is 5.56 Å². The number of likely N-dealkylation sites (tertiary alicyclic amines) is 1. The first-order valence-electron chi connectivity index (χ1n) is 12.9. The van der Waals surface area contributed by atoms with Gasteiger partial charge in [0.2, 0.25) is 5.91 Å². The lowest BCUT2D eigenvalue weighted by Gasteiger charge is -2.44. The van der Waals surface area contributed by atoms with Gasteiger partial charge in [-0.1, -0.05) is 52.0 Å². The molecular weight excluding hydrogens is 438 g/mol. The van der Waals surface area contributed by atoms with Crippen LogP contribution in [0.5, 0.6) is 0 Å². The van der Waals surface area contributed by atoms with Gasteiger partial charge in [0.1, 0.15) is 0 Å². The van der Waals surface area contributed by atoms with Gasteiger partial charge in [-0.25, -0.2) is 0 Å². The van der Waals surface area contributed by atoms with Gasteiger partial charge in [0.25, 0.3) is 5.91 Å². The van der Waals surface area contributed by atoms with Gasteiger partial charge in [0.15, 0.2) is 0 Å². The zero-order chi connectivity index (χ0) is 25.0. The van der Waals surface area contributed by atoms with Crippen molar-refractivity contribution in [2.45, 2.75) is 65.0 Å². The predicted molar refractivity (Wildman–Crippen MR) is 135 cm³/mol. The standard InChI is InChI=1S/C29H37N3O3/c1-6-35-24-22(31-25(33)19-10-9-15-30-18-19)20-11-7-8-12-21(20)29(24)13-16-32(17-14-29)26(34)23-27(2,3)28(23,4)5/h7-12,15,18,22-24H,6,13-14,16-17H2,1-5H3,(H,31,33)/t22-,24+/m1/s1. The van der Waals surface area contributed by atoms with Crippen LogP contribution < -0.4 is 5.32 Å². The summed E-state index contributed by atoms with van der Waals surface area (Å²) >= 11 is 0. The molecule has 2 atom stereocenters. The maximum Gasteiger partial charge on any atom is 0.253 e. The van der Waals surface area contributed by atoms with Crippen LogP contribution in [0.3, 0.4) is 0 Å². The third kappa shape index (κ3) is 3.60. The minimum Gasteiger partial charge on any atom is -0.375 e. The second-order valence-electron chi connectivity index (χ2n) is 11.5. The zero-order valence-electron chi connectivity index (χ0n) is 21.5. The first kappa shape index (κ1) is 24.0. The van der Waals surface area contributed by atoms with Crippen molar-refractivity contribution in [3.63, 3.8) is 0 Å². The fourth-order valence-corrected chi connectivity index (χ4v) is 6.84. The van der Waals surface area contributed by atoms with Crippen LogP contribution in [0.1, 0.15) is 75.0 Å². The molecule has 6 heteroatoms. The fourth-order valence-electron chi connectivity index (χ4n) is 6.84. The molecule has 35 heavy (non-hydrogen) atoms. The van der Waals surface area contributed by atoms with Crippen LogP contribution in [-0.2, 0) is 14.9 Å². The summed E-state index contributed by atoms with van der Waals surface area (Å²) in [6, 6.07) is 11.7. The molecule has 2 heterocycles. The van der Waals surface area contributed by atoms with Crippen molar-refractivity contribution < 1.29 is 14.3 Å². The predicted octanol–water partition coefficient (Wildman–Crippen LogP) is 4.51. The van der Waals surface area contributed by atoms with Crippen LogP contribution in [0.15, 0.2) is 48.8 Å². The van der Waals surface area contributed by atoms with Crippen molar-refractivity contribution in [2.75, 3.05) is 19.7 Å². The van der Waals surface area contributed by atoms with Crippen LogP contribution in [-0.4, -0.2) is 47.5 Å². The molecule has 1 saturated heterocycles. The van der Waals surface area contributed by atoms with Crippen molar-refractivity contribution in [1.29, 1.82) is 0 Å². The minimum absolute atomic E-state index is 0.0364. The number of ether oxygens (including phenoxy) is 1. The lowest BCUT2D eigenvalue weighted by Crippen LogP contribution is -2.52. The average molecular weight is 476 g/mol. The number of amides is 2. The van der Waals surface area contributed by atoms with Gasteiger partial charge in [-0.2, -0.15) is 0 Å². The molecule has 3 aliphatic rings. The number of rotatable bonds is 5. The number of benzene rings is 1. The molecule has 1 saturated carbocycles. The molecule has 1 spiro atoms. The number of nitrogens with one attached hydrogen (secondary N) is 1. The Hall–Kier alpha value is -2.73. The summed E-state index contributed by atoms with van der Waals surface area (Å²) in [5, 5.41) is 3.26. The normalized spacial score (nSPS) is 25.8. The molecular formula is C29H37N3O3. The van der Waals surface area contributed by atoms with E-state index in [2.05, 4.69) is 61.1 Å². The fraction of sp³-hybridized carbons (Fsp3) is 0.552. The van der Waals surface area contributed by atoms with Gasteiger partial charge in [-0.05, 0) is 53.9 Å². The number of piperidine rings is 1. The SMILES string of the molecule is CCO[C@H]1[C@H](NC(=O)c2cccnc2)c2ccccc2C12CCN(C(=O)C1C(C)(C)C1(C)C)CC2. The number of aromatic nitrogens is 1. The number of hydrogen-bond donors (Lipinski definition) is 1. The van der Waals surface area contributed by atoms with E-state index in [4.69, 9.17) is 4.74 Å². The average Bonchev–Trinajstić information content (AvgIpc) is 3.15. The monoisotopic (exact) mass is 475 g/mol. The van der Waals surface area contributed by atoms with Crippen molar-refractivity contribution in [3.05, 3.63) is 65.5 Å². The quantitative estimate of drug-likeness (QED) is 0.691. The molecule has 5 rings (SSSR count). The summed E-state index contributed by atoms with van der Waals surface area (Å²) in [5.74, 6) is 0.218. The zero-order valence-corrected chi connectivity index (χ0v) is 21.5. The number of carbonyl (C=O) groups excluding carboxylic acids is 2. The van der Waals surface area contributed by atoms with Crippen LogP contribution >= 0.6 is 0 Å². The Morgan fingerprint density at radius 1 is 1.06 bits per heavy atom. The van der Waals surface area contributed by atoms with Gasteiger partial charge in [0, 0.05) is 43.4 Å². The lowest BCUT2D eigenvalue weighted by molar-refractivity contribution is -0.136. The first-order chi connectivity index (χ1) is 16.6. The molecule has 2 amide bonds. The molecule has 0 radical (unpaired) electrons. The number of fused-ring (bicyclic) bond motifs is 2. The van der Waals surface area contributed by atoms with Gasteiger partial charge in [0.05, 0.1) is 17.7 Å². The maximum atomic E-state index is 13.4. The summed E-state index contributed by atoms with van der Waals surface area (Å²) in [5.41, 5.74) is 2.74. The minimum atomic E-state index is -0.248. The summed E-state index contributed by atoms with van der Waals surface area (Å²) in [4.78, 5) is 32.7. The number of nitrogens with zero attached hydrogens (tertiary/aromatic N) is 2. The Bertz CT molecular complexity index is 1110. The number of pyridine rings is 1. The van der Waals surface area contributed by atoms with Crippen molar-refractivity contribution in [1.82, 2.24) is 15.2 Å². The van der Waals surface area contributed by atoms with E-state index in [9.17, 15) is 9.59 Å². The van der Waals surface area contributed by atoms with Crippen LogP contribution in [0.25, 0.3) is 0 Å². The maximum absolute atomic E-state index is 13.4. The second-order valence-corrected chi connectivity index (χ2v) is 11.5. The Balaban J connectivity index is 1.41. The van der Waals surface area contributed by atoms with Crippen molar-refractivity contribution in [2.24, 2.45) is 16.7 Å². The Morgan fingerprint density at radius 2 is 1.74 bits per heavy atom. The highest BCUT2D eigenvalue weighted by molar-refractivity contribution is 5.94.